The summed E-state index contributed by atoms with van der Waals surface area (Å²) in [6.07, 6.45) is 6.06. The third kappa shape index (κ3) is 3.94. The van der Waals surface area contributed by atoms with Crippen LogP contribution in [0, 0.1) is 0 Å². The second-order valence-corrected chi connectivity index (χ2v) is 8.17. The molecule has 0 atom stereocenters. The molecule has 1 aromatic heterocycles. The first-order valence-corrected chi connectivity index (χ1v) is 10.4. The number of amides is 1. The molecule has 0 spiro atoms. The van der Waals surface area contributed by atoms with Crippen molar-refractivity contribution in [2.75, 3.05) is 31.2 Å². The number of benzene rings is 1. The molecule has 0 saturated carbocycles. The monoisotopic (exact) mass is 370 g/mol. The number of aryl methyl sites for hydroxylation is 2. The van der Waals surface area contributed by atoms with E-state index >= 15 is 0 Å². The van der Waals surface area contributed by atoms with Crippen molar-refractivity contribution in [1.29, 1.82) is 0 Å². The third-order valence-electron chi connectivity index (χ3n) is 5.25. The van der Waals surface area contributed by atoms with Gasteiger partial charge in [-0.3, -0.25) is 4.79 Å². The lowest BCUT2D eigenvalue weighted by Crippen LogP contribution is -2.37. The van der Waals surface area contributed by atoms with Crippen molar-refractivity contribution in [2.45, 2.75) is 38.6 Å². The number of ether oxygens (including phenoxy) is 1. The Morgan fingerprint density at radius 3 is 2.81 bits per heavy atom. The number of hydrogen-bond acceptors (Lipinski definition) is 4. The van der Waals surface area contributed by atoms with Gasteiger partial charge in [0.25, 0.3) is 5.91 Å². The molecule has 1 saturated heterocycles. The van der Waals surface area contributed by atoms with Crippen LogP contribution in [-0.4, -0.2) is 32.2 Å². The van der Waals surface area contributed by atoms with Crippen molar-refractivity contribution in [3.63, 3.8) is 0 Å². The molecule has 4 nitrogen and oxygen atoms in total. The lowest BCUT2D eigenvalue weighted by Gasteiger charge is -2.30. The summed E-state index contributed by atoms with van der Waals surface area (Å²) in [6.45, 7) is 3.91. The van der Waals surface area contributed by atoms with Gasteiger partial charge < -0.3 is 15.0 Å². The van der Waals surface area contributed by atoms with Crippen LogP contribution in [0.3, 0.4) is 0 Å². The maximum Gasteiger partial charge on any atom is 0.261 e. The summed E-state index contributed by atoms with van der Waals surface area (Å²) in [5.74, 6) is 0.0554. The fraction of sp³-hybridized carbons (Fsp3) is 0.476. The molecule has 1 fully saturated rings. The summed E-state index contributed by atoms with van der Waals surface area (Å²) < 4.78 is 5.46. The molecule has 2 aliphatic rings. The Balaban J connectivity index is 1.43. The highest BCUT2D eigenvalue weighted by Gasteiger charge is 2.18. The van der Waals surface area contributed by atoms with E-state index in [4.69, 9.17) is 4.74 Å². The van der Waals surface area contributed by atoms with E-state index in [1.807, 2.05) is 6.07 Å². The van der Waals surface area contributed by atoms with Gasteiger partial charge in [0.15, 0.2) is 0 Å². The minimum absolute atomic E-state index is 0.0554. The van der Waals surface area contributed by atoms with E-state index in [1.54, 1.807) is 11.3 Å². The number of nitrogens with one attached hydrogen (secondary N) is 1. The molecule has 0 bridgehead atoms. The maximum atomic E-state index is 12.7. The average Bonchev–Trinajstić information content (AvgIpc) is 2.98. The van der Waals surface area contributed by atoms with E-state index < -0.39 is 0 Å². The van der Waals surface area contributed by atoms with Gasteiger partial charge in [-0.2, -0.15) is 0 Å². The molecule has 1 N–H and O–H groups in total. The highest BCUT2D eigenvalue weighted by atomic mass is 32.1. The average molecular weight is 371 g/mol. The fourth-order valence-electron chi connectivity index (χ4n) is 3.82. The molecule has 1 aliphatic heterocycles. The van der Waals surface area contributed by atoms with Gasteiger partial charge in [0.2, 0.25) is 0 Å². The summed E-state index contributed by atoms with van der Waals surface area (Å²) >= 11 is 1.69. The molecular formula is C21H26N2O2S. The van der Waals surface area contributed by atoms with Gasteiger partial charge in [-0.15, -0.1) is 11.3 Å². The summed E-state index contributed by atoms with van der Waals surface area (Å²) in [5, 5.41) is 3.13. The number of morpholine rings is 1. The van der Waals surface area contributed by atoms with Crippen molar-refractivity contribution in [3.05, 3.63) is 51.2 Å². The van der Waals surface area contributed by atoms with Crippen LogP contribution in [0.5, 0.6) is 0 Å². The van der Waals surface area contributed by atoms with Crippen LogP contribution in [0.25, 0.3) is 0 Å². The number of fused-ring (bicyclic) bond motifs is 1. The van der Waals surface area contributed by atoms with Crippen molar-refractivity contribution >= 4 is 22.9 Å². The smallest absolute Gasteiger partial charge is 0.261 e. The summed E-state index contributed by atoms with van der Waals surface area (Å²) in [4.78, 5) is 17.3. The highest BCUT2D eigenvalue weighted by Crippen LogP contribution is 2.29. The van der Waals surface area contributed by atoms with Gasteiger partial charge in [0.05, 0.1) is 18.1 Å². The minimum Gasteiger partial charge on any atom is -0.378 e. The zero-order valence-corrected chi connectivity index (χ0v) is 15.9. The van der Waals surface area contributed by atoms with E-state index in [1.165, 1.54) is 41.0 Å². The Morgan fingerprint density at radius 1 is 1.12 bits per heavy atom. The zero-order valence-electron chi connectivity index (χ0n) is 15.1. The molecular weight excluding hydrogens is 344 g/mol. The molecule has 2 aromatic rings. The van der Waals surface area contributed by atoms with Crippen LogP contribution >= 0.6 is 11.3 Å². The number of carbonyl (C=O) groups is 1. The van der Waals surface area contributed by atoms with Gasteiger partial charge in [0, 0.05) is 30.2 Å². The number of anilines is 1. The van der Waals surface area contributed by atoms with Crippen LogP contribution in [0.2, 0.25) is 0 Å². The number of rotatable bonds is 4. The maximum absolute atomic E-state index is 12.7. The fourth-order valence-corrected chi connectivity index (χ4v) is 4.99. The van der Waals surface area contributed by atoms with E-state index in [-0.39, 0.29) is 5.91 Å². The van der Waals surface area contributed by atoms with Crippen LogP contribution in [-0.2, 0) is 24.1 Å². The van der Waals surface area contributed by atoms with E-state index in [2.05, 4.69) is 34.5 Å². The zero-order chi connectivity index (χ0) is 17.8. The second-order valence-electron chi connectivity index (χ2n) is 7.03. The Labute approximate surface area is 159 Å². The molecule has 0 unspecified atom stereocenters. The third-order valence-corrected chi connectivity index (χ3v) is 6.49. The van der Waals surface area contributed by atoms with Crippen LogP contribution in [0.15, 0.2) is 30.3 Å². The van der Waals surface area contributed by atoms with Gasteiger partial charge in [0.1, 0.15) is 0 Å². The van der Waals surface area contributed by atoms with Crippen molar-refractivity contribution in [1.82, 2.24) is 5.32 Å². The Hall–Kier alpha value is -1.85. The summed E-state index contributed by atoms with van der Waals surface area (Å²) in [5.41, 5.74) is 3.77. The molecule has 0 radical (unpaired) electrons. The predicted octanol–water partition coefficient (Wildman–Crippen LogP) is 3.78. The number of hydrogen-bond donors (Lipinski definition) is 1. The Kier molecular flexibility index (Phi) is 5.56. The molecule has 1 amide bonds. The molecule has 1 aromatic carbocycles. The van der Waals surface area contributed by atoms with Crippen molar-refractivity contribution in [2.24, 2.45) is 0 Å². The molecule has 4 rings (SSSR count). The second kappa shape index (κ2) is 8.23. The molecule has 138 valence electrons. The lowest BCUT2D eigenvalue weighted by atomic mass is 10.1. The number of carbonyl (C=O) groups excluding carboxylic acids is 1. The van der Waals surface area contributed by atoms with Crippen molar-refractivity contribution < 1.29 is 9.53 Å². The first kappa shape index (κ1) is 17.6. The summed E-state index contributed by atoms with van der Waals surface area (Å²) in [6, 6.07) is 10.5. The predicted molar refractivity (Wildman–Crippen MR) is 106 cm³/mol. The van der Waals surface area contributed by atoms with Gasteiger partial charge in [-0.1, -0.05) is 24.6 Å². The van der Waals surface area contributed by atoms with E-state index in [0.717, 1.165) is 44.0 Å². The number of para-hydroxylation sites is 1. The molecule has 26 heavy (non-hydrogen) atoms. The van der Waals surface area contributed by atoms with Gasteiger partial charge in [-0.25, -0.2) is 0 Å². The Bertz CT molecular complexity index is 742. The van der Waals surface area contributed by atoms with Gasteiger partial charge in [-0.05, 0) is 48.9 Å². The van der Waals surface area contributed by atoms with Crippen molar-refractivity contribution in [3.8, 4) is 0 Å². The van der Waals surface area contributed by atoms with E-state index in [0.29, 0.717) is 6.54 Å². The van der Waals surface area contributed by atoms with Crippen LogP contribution in [0.1, 0.15) is 44.9 Å². The van der Waals surface area contributed by atoms with Crippen LogP contribution < -0.4 is 10.2 Å². The topological polar surface area (TPSA) is 41.6 Å². The number of thiophene rings is 1. The lowest BCUT2D eigenvalue weighted by molar-refractivity contribution is 0.0954. The molecule has 2 heterocycles. The quantitative estimate of drug-likeness (QED) is 0.833. The standard InChI is InChI=1S/C21H26N2O2S/c24-21(20-14-16-6-2-1-3-9-19(16)26-20)22-15-17-7-4-5-8-18(17)23-10-12-25-13-11-23/h4-5,7-8,14H,1-3,6,9-13,15H2,(H,22,24). The van der Waals surface area contributed by atoms with Crippen LogP contribution in [0.4, 0.5) is 5.69 Å². The largest absolute Gasteiger partial charge is 0.378 e. The van der Waals surface area contributed by atoms with E-state index in [9.17, 15) is 4.79 Å². The number of nitrogens with zero attached hydrogens (tertiary/aromatic N) is 1. The Morgan fingerprint density at radius 2 is 1.92 bits per heavy atom. The minimum atomic E-state index is 0.0554. The normalized spacial score (nSPS) is 17.5. The first-order valence-electron chi connectivity index (χ1n) is 9.61. The molecule has 5 heteroatoms. The summed E-state index contributed by atoms with van der Waals surface area (Å²) in [7, 11) is 0. The first-order chi connectivity index (χ1) is 12.8. The highest BCUT2D eigenvalue weighted by molar-refractivity contribution is 7.14. The molecule has 1 aliphatic carbocycles. The van der Waals surface area contributed by atoms with Gasteiger partial charge >= 0.3 is 0 Å². The SMILES string of the molecule is O=C(NCc1ccccc1N1CCOCC1)c1cc2c(s1)CCCCC2.